The van der Waals surface area contributed by atoms with E-state index in [1.165, 1.54) is 23.0 Å². The van der Waals surface area contributed by atoms with Crippen LogP contribution in [0.4, 0.5) is 0 Å². The maximum Gasteiger partial charge on any atom is 0.338 e. The standard InChI is InChI=1S/C31H32ClN3O7S/c1-18(2)42-30(38)27-19(3)33-31-35(28(27)23-16-21(32)7-10-24(23)39-4)29(37)25(43-31)15-20-5-8-22(9-6-20)41-17-26(36)34-11-13-40-14-12-34/h5-10,15-16,18,28H,11-14,17H2,1-4H3/b25-15-/t28-/m1/s1. The third kappa shape index (κ3) is 6.69. The molecule has 1 amide bonds. The number of benzene rings is 2. The molecule has 5 rings (SSSR count). The first-order valence-corrected chi connectivity index (χ1v) is 15.0. The molecule has 0 bridgehead atoms. The molecule has 1 aromatic heterocycles. The number of rotatable bonds is 8. The number of allylic oxidation sites excluding steroid dienone is 1. The summed E-state index contributed by atoms with van der Waals surface area (Å²) >= 11 is 7.59. The van der Waals surface area contributed by atoms with E-state index in [1.807, 2.05) is 0 Å². The van der Waals surface area contributed by atoms with Gasteiger partial charge in [-0.2, -0.15) is 0 Å². The fraction of sp³-hybridized carbons (Fsp3) is 0.355. The maximum absolute atomic E-state index is 13.9. The molecule has 2 aliphatic heterocycles. The first-order valence-electron chi connectivity index (χ1n) is 13.8. The Morgan fingerprint density at radius 1 is 1.16 bits per heavy atom. The first-order chi connectivity index (χ1) is 20.7. The van der Waals surface area contributed by atoms with E-state index in [-0.39, 0.29) is 29.8 Å². The van der Waals surface area contributed by atoms with Gasteiger partial charge in [0.1, 0.15) is 17.5 Å². The number of esters is 1. The Morgan fingerprint density at radius 3 is 2.56 bits per heavy atom. The van der Waals surface area contributed by atoms with Gasteiger partial charge in [0.25, 0.3) is 11.5 Å². The third-order valence-electron chi connectivity index (χ3n) is 6.97. The number of fused-ring (bicyclic) bond motifs is 1. The van der Waals surface area contributed by atoms with Gasteiger partial charge in [-0.25, -0.2) is 9.79 Å². The normalized spacial score (nSPS) is 17.0. The van der Waals surface area contributed by atoms with Gasteiger partial charge in [-0.05, 0) is 62.7 Å². The summed E-state index contributed by atoms with van der Waals surface area (Å²) in [5.41, 5.74) is 1.65. The quantitative estimate of drug-likeness (QED) is 0.354. The van der Waals surface area contributed by atoms with Crippen molar-refractivity contribution in [2.75, 3.05) is 40.0 Å². The number of carbonyl (C=O) groups excluding carboxylic acids is 2. The summed E-state index contributed by atoms with van der Waals surface area (Å²) < 4.78 is 24.1. The highest BCUT2D eigenvalue weighted by molar-refractivity contribution is 7.07. The van der Waals surface area contributed by atoms with Gasteiger partial charge >= 0.3 is 5.97 Å². The van der Waals surface area contributed by atoms with E-state index in [4.69, 9.17) is 30.5 Å². The lowest BCUT2D eigenvalue weighted by Crippen LogP contribution is -2.42. The van der Waals surface area contributed by atoms with E-state index in [0.29, 0.717) is 63.4 Å². The largest absolute Gasteiger partial charge is 0.496 e. The van der Waals surface area contributed by atoms with Crippen LogP contribution in [0.3, 0.4) is 0 Å². The van der Waals surface area contributed by atoms with Crippen molar-refractivity contribution in [1.82, 2.24) is 9.47 Å². The fourth-order valence-electron chi connectivity index (χ4n) is 4.93. The average Bonchev–Trinajstić information content (AvgIpc) is 3.29. The molecule has 0 spiro atoms. The fourth-order valence-corrected chi connectivity index (χ4v) is 6.16. The topological polar surface area (TPSA) is 109 Å². The summed E-state index contributed by atoms with van der Waals surface area (Å²) in [4.78, 5) is 46.5. The molecular formula is C31H32ClN3O7S. The summed E-state index contributed by atoms with van der Waals surface area (Å²) in [6, 6.07) is 11.3. The molecule has 0 saturated carbocycles. The average molecular weight is 626 g/mol. The van der Waals surface area contributed by atoms with Gasteiger partial charge in [0.05, 0.1) is 42.2 Å². The number of thiazole rings is 1. The Morgan fingerprint density at radius 2 is 1.88 bits per heavy atom. The van der Waals surface area contributed by atoms with E-state index in [2.05, 4.69) is 4.99 Å². The second kappa shape index (κ2) is 13.2. The molecule has 12 heteroatoms. The van der Waals surface area contributed by atoms with Crippen LogP contribution in [0, 0.1) is 0 Å². The van der Waals surface area contributed by atoms with Crippen molar-refractivity contribution in [2.24, 2.45) is 4.99 Å². The number of halogens is 1. The van der Waals surface area contributed by atoms with Crippen molar-refractivity contribution in [3.63, 3.8) is 0 Å². The summed E-state index contributed by atoms with van der Waals surface area (Å²) in [5, 5.41) is 0.429. The first kappa shape index (κ1) is 30.5. The van der Waals surface area contributed by atoms with E-state index in [0.717, 1.165) is 5.56 Å². The van der Waals surface area contributed by atoms with E-state index >= 15 is 0 Å². The zero-order valence-corrected chi connectivity index (χ0v) is 25.9. The maximum atomic E-state index is 13.9. The SMILES string of the molecule is COc1ccc(Cl)cc1[C@@H]1C(C(=O)OC(C)C)=C(C)N=c2s/c(=C\c3ccc(OCC(=O)N4CCOCC4)cc3)c(=O)n21. The molecule has 0 N–H and O–H groups in total. The molecule has 1 fully saturated rings. The van der Waals surface area contributed by atoms with Crippen LogP contribution in [0.5, 0.6) is 11.5 Å². The molecule has 226 valence electrons. The van der Waals surface area contributed by atoms with E-state index < -0.39 is 12.0 Å². The Labute approximate surface area is 257 Å². The molecule has 2 aromatic carbocycles. The molecule has 2 aliphatic rings. The second-order valence-corrected chi connectivity index (χ2v) is 11.7. The lowest BCUT2D eigenvalue weighted by Gasteiger charge is -2.26. The Balaban J connectivity index is 1.49. The zero-order chi connectivity index (χ0) is 30.7. The number of methoxy groups -OCH3 is 1. The van der Waals surface area contributed by atoms with Crippen molar-refractivity contribution >= 4 is 40.9 Å². The minimum absolute atomic E-state index is 0.0637. The van der Waals surface area contributed by atoms with Crippen molar-refractivity contribution in [3.8, 4) is 11.5 Å². The molecule has 3 heterocycles. The lowest BCUT2D eigenvalue weighted by atomic mass is 9.95. The number of hydrogen-bond donors (Lipinski definition) is 0. The number of morpholine rings is 1. The number of hydrogen-bond acceptors (Lipinski definition) is 9. The predicted molar refractivity (Wildman–Crippen MR) is 162 cm³/mol. The summed E-state index contributed by atoms with van der Waals surface area (Å²) in [6.07, 6.45) is 1.38. The highest BCUT2D eigenvalue weighted by atomic mass is 35.5. The summed E-state index contributed by atoms with van der Waals surface area (Å²) in [6.45, 7) is 7.36. The molecule has 0 radical (unpaired) electrons. The second-order valence-electron chi connectivity index (χ2n) is 10.3. The molecular weight excluding hydrogens is 594 g/mol. The van der Waals surface area contributed by atoms with Crippen molar-refractivity contribution < 1.29 is 28.5 Å². The van der Waals surface area contributed by atoms with Gasteiger partial charge in [0, 0.05) is 23.7 Å². The van der Waals surface area contributed by atoms with Crippen LogP contribution < -0.4 is 24.4 Å². The zero-order valence-electron chi connectivity index (χ0n) is 24.3. The van der Waals surface area contributed by atoms with Crippen molar-refractivity contribution in [2.45, 2.75) is 32.9 Å². The van der Waals surface area contributed by atoms with Crippen molar-refractivity contribution in [3.05, 3.63) is 89.6 Å². The predicted octanol–water partition coefficient (Wildman–Crippen LogP) is 3.09. The van der Waals surface area contributed by atoms with E-state index in [1.54, 1.807) is 74.2 Å². The monoisotopic (exact) mass is 625 g/mol. The van der Waals surface area contributed by atoms with Crippen LogP contribution in [0.1, 0.15) is 37.9 Å². The van der Waals surface area contributed by atoms with Crippen LogP contribution in [0.2, 0.25) is 5.02 Å². The van der Waals surface area contributed by atoms with Gasteiger partial charge in [0.15, 0.2) is 11.4 Å². The Kier molecular flexibility index (Phi) is 9.34. The number of aromatic nitrogens is 1. The van der Waals surface area contributed by atoms with Gasteiger partial charge in [-0.1, -0.05) is 35.1 Å². The van der Waals surface area contributed by atoms with Gasteiger partial charge in [-0.3, -0.25) is 14.2 Å². The van der Waals surface area contributed by atoms with E-state index in [9.17, 15) is 14.4 Å². The van der Waals surface area contributed by atoms with Crippen LogP contribution in [-0.2, 0) is 19.1 Å². The van der Waals surface area contributed by atoms with Crippen LogP contribution >= 0.6 is 22.9 Å². The number of amides is 1. The molecule has 1 atom stereocenters. The molecule has 43 heavy (non-hydrogen) atoms. The van der Waals surface area contributed by atoms with Gasteiger partial charge in [-0.15, -0.1) is 0 Å². The van der Waals surface area contributed by atoms with Crippen LogP contribution in [0.15, 0.2) is 63.5 Å². The number of nitrogens with zero attached hydrogens (tertiary/aromatic N) is 3. The molecule has 10 nitrogen and oxygen atoms in total. The Bertz CT molecular complexity index is 1740. The summed E-state index contributed by atoms with van der Waals surface area (Å²) in [7, 11) is 1.52. The van der Waals surface area contributed by atoms with Gasteiger partial charge < -0.3 is 23.8 Å². The highest BCUT2D eigenvalue weighted by Crippen LogP contribution is 2.37. The molecule has 0 unspecified atom stereocenters. The van der Waals surface area contributed by atoms with Crippen LogP contribution in [-0.4, -0.2) is 67.5 Å². The molecule has 3 aromatic rings. The smallest absolute Gasteiger partial charge is 0.338 e. The minimum Gasteiger partial charge on any atom is -0.496 e. The molecule has 0 aliphatic carbocycles. The minimum atomic E-state index is -0.863. The van der Waals surface area contributed by atoms with Crippen LogP contribution in [0.25, 0.3) is 6.08 Å². The summed E-state index contributed by atoms with van der Waals surface area (Å²) in [5.74, 6) is 0.347. The van der Waals surface area contributed by atoms with Gasteiger partial charge in [0.2, 0.25) is 0 Å². The number of carbonyl (C=O) groups is 2. The molecule has 1 saturated heterocycles. The number of ether oxygens (including phenoxy) is 4. The highest BCUT2D eigenvalue weighted by Gasteiger charge is 2.35. The third-order valence-corrected chi connectivity index (χ3v) is 8.19. The van der Waals surface area contributed by atoms with Crippen molar-refractivity contribution in [1.29, 1.82) is 0 Å². The lowest BCUT2D eigenvalue weighted by molar-refractivity contribution is -0.143. The Hall–Kier alpha value is -3.93.